The fourth-order valence-corrected chi connectivity index (χ4v) is 2.41. The van der Waals surface area contributed by atoms with E-state index in [0.717, 1.165) is 6.26 Å². The fourth-order valence-electron chi connectivity index (χ4n) is 1.54. The molecule has 92 valence electrons. The van der Waals surface area contributed by atoms with Crippen molar-refractivity contribution >= 4 is 15.8 Å². The first-order valence-electron chi connectivity index (χ1n) is 4.76. The average molecular weight is 258 g/mol. The molecule has 1 aromatic rings. The summed E-state index contributed by atoms with van der Waals surface area (Å²) >= 11 is 0. The summed E-state index contributed by atoms with van der Waals surface area (Å²) in [5.41, 5.74) is -0.309. The molecule has 1 aliphatic rings. The Hall–Kier alpha value is -1.76. The molecule has 0 radical (unpaired) electrons. The van der Waals surface area contributed by atoms with Gasteiger partial charge in [0.2, 0.25) is 0 Å². The molecule has 17 heavy (non-hydrogen) atoms. The zero-order valence-electron chi connectivity index (χ0n) is 8.97. The van der Waals surface area contributed by atoms with E-state index < -0.39 is 15.8 Å². The van der Waals surface area contributed by atoms with E-state index in [1.165, 1.54) is 12.1 Å². The van der Waals surface area contributed by atoms with Gasteiger partial charge in [0.15, 0.2) is 21.3 Å². The van der Waals surface area contributed by atoms with Crippen LogP contribution in [0.5, 0.6) is 11.5 Å². The molecule has 0 fully saturated rings. The number of aromatic carboxylic acids is 1. The Morgan fingerprint density at radius 1 is 1.24 bits per heavy atom. The number of carboxylic acid groups (broad SMARTS) is 1. The zero-order valence-corrected chi connectivity index (χ0v) is 9.78. The SMILES string of the molecule is CS(=O)(=O)c1cc2c(cc1C(=O)O)OCCO2. The number of benzene rings is 1. The molecule has 1 N–H and O–H groups in total. The fraction of sp³-hybridized carbons (Fsp3) is 0.300. The van der Waals surface area contributed by atoms with Gasteiger partial charge in [-0.3, -0.25) is 0 Å². The van der Waals surface area contributed by atoms with E-state index in [4.69, 9.17) is 14.6 Å². The second kappa shape index (κ2) is 3.92. The minimum absolute atomic E-state index is 0.251. The molecule has 0 spiro atoms. The number of hydrogen-bond donors (Lipinski definition) is 1. The summed E-state index contributed by atoms with van der Waals surface area (Å²) in [6.07, 6.45) is 0.949. The molecule has 0 aliphatic carbocycles. The van der Waals surface area contributed by atoms with Gasteiger partial charge in [0.05, 0.1) is 10.5 Å². The molecule has 0 saturated carbocycles. The Labute approximate surface area is 97.7 Å². The second-order valence-electron chi connectivity index (χ2n) is 3.57. The van der Waals surface area contributed by atoms with Gasteiger partial charge in [-0.25, -0.2) is 13.2 Å². The number of sulfone groups is 1. The summed E-state index contributed by atoms with van der Waals surface area (Å²) in [6.45, 7) is 0.618. The third-order valence-electron chi connectivity index (χ3n) is 2.27. The molecular weight excluding hydrogens is 248 g/mol. The normalized spacial score (nSPS) is 14.4. The zero-order chi connectivity index (χ0) is 12.6. The molecular formula is C10H10O6S. The van der Waals surface area contributed by atoms with Crippen LogP contribution in [-0.4, -0.2) is 39.0 Å². The summed E-state index contributed by atoms with van der Waals surface area (Å²) in [5.74, 6) is -0.815. The lowest BCUT2D eigenvalue weighted by Gasteiger charge is -2.19. The Morgan fingerprint density at radius 3 is 2.24 bits per heavy atom. The average Bonchev–Trinajstić information content (AvgIpc) is 2.26. The maximum Gasteiger partial charge on any atom is 0.337 e. The number of hydrogen-bond acceptors (Lipinski definition) is 5. The molecule has 0 atom stereocenters. The number of ether oxygens (including phenoxy) is 2. The van der Waals surface area contributed by atoms with Gasteiger partial charge in [-0.2, -0.15) is 0 Å². The van der Waals surface area contributed by atoms with E-state index in [0.29, 0.717) is 13.2 Å². The van der Waals surface area contributed by atoms with Crippen molar-refractivity contribution in [2.75, 3.05) is 19.5 Å². The third kappa shape index (κ3) is 2.19. The largest absolute Gasteiger partial charge is 0.486 e. The van der Waals surface area contributed by atoms with Gasteiger partial charge in [0, 0.05) is 12.3 Å². The van der Waals surface area contributed by atoms with Crippen LogP contribution < -0.4 is 9.47 Å². The van der Waals surface area contributed by atoms with Crippen molar-refractivity contribution in [3.8, 4) is 11.5 Å². The Kier molecular flexibility index (Phi) is 2.70. The summed E-state index contributed by atoms with van der Waals surface area (Å²) < 4.78 is 33.4. The van der Waals surface area contributed by atoms with Gasteiger partial charge < -0.3 is 14.6 Å². The van der Waals surface area contributed by atoms with Crippen LogP contribution in [0, 0.1) is 0 Å². The highest BCUT2D eigenvalue weighted by molar-refractivity contribution is 7.90. The monoisotopic (exact) mass is 258 g/mol. The quantitative estimate of drug-likeness (QED) is 0.833. The van der Waals surface area contributed by atoms with Gasteiger partial charge >= 0.3 is 5.97 Å². The predicted octanol–water partition coefficient (Wildman–Crippen LogP) is 0.560. The topological polar surface area (TPSA) is 89.9 Å². The van der Waals surface area contributed by atoms with Gasteiger partial charge in [-0.1, -0.05) is 0 Å². The van der Waals surface area contributed by atoms with E-state index in [9.17, 15) is 13.2 Å². The maximum absolute atomic E-state index is 11.5. The van der Waals surface area contributed by atoms with Crippen LogP contribution in [-0.2, 0) is 9.84 Å². The highest BCUT2D eigenvalue weighted by Gasteiger charge is 2.24. The second-order valence-corrected chi connectivity index (χ2v) is 5.55. The molecule has 2 rings (SSSR count). The lowest BCUT2D eigenvalue weighted by atomic mass is 10.2. The van der Waals surface area contributed by atoms with Crippen LogP contribution in [0.4, 0.5) is 0 Å². The number of carbonyl (C=O) groups is 1. The third-order valence-corrected chi connectivity index (χ3v) is 3.41. The van der Waals surface area contributed by atoms with Gasteiger partial charge in [-0.05, 0) is 6.07 Å². The summed E-state index contributed by atoms with van der Waals surface area (Å²) in [6, 6.07) is 2.36. The minimum Gasteiger partial charge on any atom is -0.486 e. The molecule has 0 saturated heterocycles. The highest BCUT2D eigenvalue weighted by atomic mass is 32.2. The van der Waals surface area contributed by atoms with Crippen LogP contribution in [0.25, 0.3) is 0 Å². The maximum atomic E-state index is 11.5. The Morgan fingerprint density at radius 2 is 1.76 bits per heavy atom. The standard InChI is InChI=1S/C10H10O6S/c1-17(13,14)9-5-8-7(15-2-3-16-8)4-6(9)10(11)12/h4-5H,2-3H2,1H3,(H,11,12). The molecule has 1 aromatic carbocycles. The van der Waals surface area contributed by atoms with Crippen LogP contribution in [0.1, 0.15) is 10.4 Å². The van der Waals surface area contributed by atoms with Crippen molar-refractivity contribution in [2.45, 2.75) is 4.90 Å². The Bertz CT molecular complexity index is 575. The lowest BCUT2D eigenvalue weighted by Crippen LogP contribution is -2.17. The van der Waals surface area contributed by atoms with E-state index in [-0.39, 0.29) is 22.0 Å². The van der Waals surface area contributed by atoms with Crippen molar-refractivity contribution in [3.05, 3.63) is 17.7 Å². The predicted molar refractivity (Wildman–Crippen MR) is 57.5 cm³/mol. The first-order valence-corrected chi connectivity index (χ1v) is 6.66. The summed E-state index contributed by atoms with van der Waals surface area (Å²) in [7, 11) is -3.63. The van der Waals surface area contributed by atoms with Crippen molar-refractivity contribution < 1.29 is 27.8 Å². The minimum atomic E-state index is -3.63. The van der Waals surface area contributed by atoms with Crippen LogP contribution in [0.2, 0.25) is 0 Å². The molecule has 1 heterocycles. The van der Waals surface area contributed by atoms with Gasteiger partial charge in [0.1, 0.15) is 13.2 Å². The number of rotatable bonds is 2. The van der Waals surface area contributed by atoms with Crippen molar-refractivity contribution in [2.24, 2.45) is 0 Å². The molecule has 0 unspecified atom stereocenters. The van der Waals surface area contributed by atoms with E-state index >= 15 is 0 Å². The number of carboxylic acids is 1. The molecule has 0 amide bonds. The van der Waals surface area contributed by atoms with Gasteiger partial charge in [0.25, 0.3) is 0 Å². The van der Waals surface area contributed by atoms with E-state index in [2.05, 4.69) is 0 Å². The molecule has 7 heteroatoms. The van der Waals surface area contributed by atoms with Crippen LogP contribution in [0.3, 0.4) is 0 Å². The Balaban J connectivity index is 2.69. The van der Waals surface area contributed by atoms with Crippen LogP contribution >= 0.6 is 0 Å². The molecule has 0 bridgehead atoms. The first-order chi connectivity index (χ1) is 7.89. The van der Waals surface area contributed by atoms with Crippen molar-refractivity contribution in [3.63, 3.8) is 0 Å². The first kappa shape index (κ1) is 11.7. The van der Waals surface area contributed by atoms with E-state index in [1.807, 2.05) is 0 Å². The van der Waals surface area contributed by atoms with Gasteiger partial charge in [-0.15, -0.1) is 0 Å². The number of fused-ring (bicyclic) bond motifs is 1. The van der Waals surface area contributed by atoms with Crippen molar-refractivity contribution in [1.82, 2.24) is 0 Å². The smallest absolute Gasteiger partial charge is 0.337 e. The molecule has 6 nitrogen and oxygen atoms in total. The molecule has 0 aromatic heterocycles. The lowest BCUT2D eigenvalue weighted by molar-refractivity contribution is 0.0691. The highest BCUT2D eigenvalue weighted by Crippen LogP contribution is 2.35. The van der Waals surface area contributed by atoms with Crippen LogP contribution in [0.15, 0.2) is 17.0 Å². The summed E-state index contributed by atoms with van der Waals surface area (Å²) in [5, 5.41) is 8.97. The van der Waals surface area contributed by atoms with E-state index in [1.54, 1.807) is 0 Å². The molecule has 1 aliphatic heterocycles. The van der Waals surface area contributed by atoms with Crippen molar-refractivity contribution in [1.29, 1.82) is 0 Å². The summed E-state index contributed by atoms with van der Waals surface area (Å²) in [4.78, 5) is 10.7.